The molecule has 5 rings (SSSR count). The van der Waals surface area contributed by atoms with Crippen molar-refractivity contribution >= 4 is 18.3 Å². The highest BCUT2D eigenvalue weighted by molar-refractivity contribution is 5.85. The van der Waals surface area contributed by atoms with Crippen LogP contribution >= 0.6 is 12.4 Å². The van der Waals surface area contributed by atoms with Crippen LogP contribution in [-0.2, 0) is 4.79 Å². The van der Waals surface area contributed by atoms with Crippen molar-refractivity contribution in [2.24, 2.45) is 29.6 Å². The minimum absolute atomic E-state index is 0. The van der Waals surface area contributed by atoms with E-state index in [-0.39, 0.29) is 12.4 Å². The molecule has 0 spiro atoms. The first kappa shape index (κ1) is 15.2. The highest BCUT2D eigenvalue weighted by Gasteiger charge is 2.68. The lowest BCUT2D eigenvalue weighted by Crippen LogP contribution is -2.49. The summed E-state index contributed by atoms with van der Waals surface area (Å²) in [6.07, 6.45) is 5.47. The van der Waals surface area contributed by atoms with Crippen LogP contribution in [0.1, 0.15) is 25.7 Å². The fraction of sp³-hybridized carbons (Fsp3) is 0.941. The first-order valence-corrected chi connectivity index (χ1v) is 9.06. The van der Waals surface area contributed by atoms with Crippen molar-refractivity contribution in [2.75, 3.05) is 39.3 Å². The number of likely N-dealkylation sites (tertiary alicyclic amines) is 1. The maximum Gasteiger partial charge on any atom is 0.226 e. The molecule has 5 atom stereocenters. The van der Waals surface area contributed by atoms with Gasteiger partial charge in [-0.15, -0.1) is 12.4 Å². The van der Waals surface area contributed by atoms with Crippen molar-refractivity contribution in [1.82, 2.24) is 15.1 Å². The van der Waals surface area contributed by atoms with E-state index >= 15 is 0 Å². The van der Waals surface area contributed by atoms with Crippen LogP contribution in [0, 0.1) is 29.6 Å². The van der Waals surface area contributed by atoms with Crippen LogP contribution in [0.3, 0.4) is 0 Å². The van der Waals surface area contributed by atoms with Crippen LogP contribution in [-0.4, -0.2) is 61.0 Å². The molecule has 0 aromatic carbocycles. The van der Waals surface area contributed by atoms with E-state index in [0.29, 0.717) is 17.9 Å². The fourth-order valence-corrected chi connectivity index (χ4v) is 6.15. The Morgan fingerprint density at radius 3 is 2.32 bits per heavy atom. The Bertz CT molecular complexity index is 437. The minimum Gasteiger partial charge on any atom is -0.341 e. The Labute approximate surface area is 139 Å². The number of piperazine rings is 1. The largest absolute Gasteiger partial charge is 0.341 e. The molecule has 0 radical (unpaired) electrons. The molecular weight excluding hydrogens is 298 g/mol. The van der Waals surface area contributed by atoms with E-state index in [1.165, 1.54) is 25.7 Å². The lowest BCUT2D eigenvalue weighted by atomic mass is 10.0. The molecule has 5 heteroatoms. The van der Waals surface area contributed by atoms with E-state index in [1.807, 2.05) is 0 Å². The van der Waals surface area contributed by atoms with Crippen LogP contribution < -0.4 is 5.32 Å². The normalized spacial score (nSPS) is 46.5. The topological polar surface area (TPSA) is 35.6 Å². The number of amides is 1. The molecule has 5 fully saturated rings. The Balaban J connectivity index is 0.00000125. The highest BCUT2D eigenvalue weighted by atomic mass is 35.5. The average Bonchev–Trinajstić information content (AvgIpc) is 2.93. The summed E-state index contributed by atoms with van der Waals surface area (Å²) < 4.78 is 0. The van der Waals surface area contributed by atoms with Crippen molar-refractivity contribution in [1.29, 1.82) is 0 Å². The van der Waals surface area contributed by atoms with Gasteiger partial charge in [0, 0.05) is 51.2 Å². The minimum atomic E-state index is 0. The third-order valence-electron chi connectivity index (χ3n) is 7.16. The lowest BCUT2D eigenvalue weighted by molar-refractivity contribution is -0.132. The van der Waals surface area contributed by atoms with Gasteiger partial charge in [0.05, 0.1) is 0 Å². The average molecular weight is 326 g/mol. The molecule has 2 aliphatic heterocycles. The summed E-state index contributed by atoms with van der Waals surface area (Å²) in [7, 11) is 0. The van der Waals surface area contributed by atoms with Gasteiger partial charge in [0.15, 0.2) is 0 Å². The quantitative estimate of drug-likeness (QED) is 0.829. The molecule has 2 bridgehead atoms. The van der Waals surface area contributed by atoms with Gasteiger partial charge in [0.25, 0.3) is 0 Å². The van der Waals surface area contributed by atoms with Crippen molar-refractivity contribution in [3.8, 4) is 0 Å². The van der Waals surface area contributed by atoms with Gasteiger partial charge < -0.3 is 10.2 Å². The van der Waals surface area contributed by atoms with E-state index < -0.39 is 0 Å². The van der Waals surface area contributed by atoms with E-state index in [0.717, 1.165) is 62.9 Å². The maximum atomic E-state index is 12.9. The zero-order valence-electron chi connectivity index (χ0n) is 13.2. The smallest absolute Gasteiger partial charge is 0.226 e. The second kappa shape index (κ2) is 5.64. The van der Waals surface area contributed by atoms with Crippen molar-refractivity contribution in [2.45, 2.75) is 31.7 Å². The van der Waals surface area contributed by atoms with E-state index in [1.54, 1.807) is 0 Å². The summed E-state index contributed by atoms with van der Waals surface area (Å²) >= 11 is 0. The van der Waals surface area contributed by atoms with E-state index in [2.05, 4.69) is 15.1 Å². The molecule has 0 aromatic heterocycles. The SMILES string of the molecule is Cl.O=C(C1C2C3CCC(C3)C12)N1CCC(N2CCNCC2)C1. The summed E-state index contributed by atoms with van der Waals surface area (Å²) in [4.78, 5) is 17.7. The molecule has 3 saturated carbocycles. The molecule has 5 aliphatic rings. The lowest BCUT2D eigenvalue weighted by Gasteiger charge is -2.32. The Kier molecular flexibility index (Phi) is 3.90. The third-order valence-corrected chi connectivity index (χ3v) is 7.16. The Morgan fingerprint density at radius 1 is 0.955 bits per heavy atom. The summed E-state index contributed by atoms with van der Waals surface area (Å²) in [5, 5.41) is 3.42. The molecule has 2 saturated heterocycles. The number of carbonyl (C=O) groups excluding carboxylic acids is 1. The standard InChI is InChI=1S/C17H27N3O.ClH/c21-17(16-14-11-1-2-12(9-11)15(14)16)20-6-3-13(10-20)19-7-4-18-5-8-19;/h11-16,18H,1-10H2;1H. The van der Waals surface area contributed by atoms with Gasteiger partial charge in [0.1, 0.15) is 0 Å². The fourth-order valence-electron chi connectivity index (χ4n) is 6.15. The van der Waals surface area contributed by atoms with Crippen molar-refractivity contribution in [3.63, 3.8) is 0 Å². The molecular formula is C17H28ClN3O. The summed E-state index contributed by atoms with van der Waals surface area (Å²) in [6, 6.07) is 0.631. The summed E-state index contributed by atoms with van der Waals surface area (Å²) in [5.41, 5.74) is 0. The third kappa shape index (κ3) is 2.22. The second-order valence-corrected chi connectivity index (χ2v) is 8.03. The molecule has 3 aliphatic carbocycles. The van der Waals surface area contributed by atoms with Crippen molar-refractivity contribution in [3.05, 3.63) is 0 Å². The van der Waals surface area contributed by atoms with Gasteiger partial charge in [-0.25, -0.2) is 0 Å². The van der Waals surface area contributed by atoms with Gasteiger partial charge in [-0.1, -0.05) is 0 Å². The van der Waals surface area contributed by atoms with Gasteiger partial charge in [-0.2, -0.15) is 0 Å². The Hall–Kier alpha value is -0.320. The number of hydrogen-bond donors (Lipinski definition) is 1. The van der Waals surface area contributed by atoms with Gasteiger partial charge >= 0.3 is 0 Å². The molecule has 4 nitrogen and oxygen atoms in total. The molecule has 2 heterocycles. The van der Waals surface area contributed by atoms with Gasteiger partial charge in [-0.05, 0) is 49.4 Å². The van der Waals surface area contributed by atoms with E-state index in [9.17, 15) is 4.79 Å². The molecule has 1 amide bonds. The first-order chi connectivity index (χ1) is 10.3. The number of rotatable bonds is 2. The number of nitrogens with one attached hydrogen (secondary N) is 1. The first-order valence-electron chi connectivity index (χ1n) is 9.06. The van der Waals surface area contributed by atoms with Gasteiger partial charge in [-0.3, -0.25) is 9.69 Å². The Morgan fingerprint density at radius 2 is 1.64 bits per heavy atom. The summed E-state index contributed by atoms with van der Waals surface area (Å²) in [5.74, 6) is 4.40. The number of hydrogen-bond acceptors (Lipinski definition) is 3. The molecule has 5 unspecified atom stereocenters. The molecule has 22 heavy (non-hydrogen) atoms. The zero-order chi connectivity index (χ0) is 14.0. The number of carbonyl (C=O) groups is 1. The predicted octanol–water partition coefficient (Wildman–Crippen LogP) is 1.21. The van der Waals surface area contributed by atoms with Crippen LogP contribution in [0.2, 0.25) is 0 Å². The molecule has 1 N–H and O–H groups in total. The zero-order valence-corrected chi connectivity index (χ0v) is 14.1. The highest BCUT2D eigenvalue weighted by Crippen LogP contribution is 2.69. The van der Waals surface area contributed by atoms with Crippen LogP contribution in [0.15, 0.2) is 0 Å². The maximum absolute atomic E-state index is 12.9. The summed E-state index contributed by atoms with van der Waals surface area (Å²) in [6.45, 7) is 6.56. The van der Waals surface area contributed by atoms with Crippen LogP contribution in [0.4, 0.5) is 0 Å². The number of fused-ring (bicyclic) bond motifs is 5. The number of halogens is 1. The van der Waals surface area contributed by atoms with Crippen molar-refractivity contribution < 1.29 is 4.79 Å². The van der Waals surface area contributed by atoms with E-state index in [4.69, 9.17) is 0 Å². The monoisotopic (exact) mass is 325 g/mol. The molecule has 124 valence electrons. The van der Waals surface area contributed by atoms with Crippen LogP contribution in [0.25, 0.3) is 0 Å². The molecule has 0 aromatic rings. The second-order valence-electron chi connectivity index (χ2n) is 8.03. The predicted molar refractivity (Wildman–Crippen MR) is 88.0 cm³/mol. The number of nitrogens with zero attached hydrogens (tertiary/aromatic N) is 2. The van der Waals surface area contributed by atoms with Crippen LogP contribution in [0.5, 0.6) is 0 Å². The van der Waals surface area contributed by atoms with Gasteiger partial charge in [0.2, 0.25) is 5.91 Å².